The molecule has 2 aromatic rings. The highest BCUT2D eigenvalue weighted by molar-refractivity contribution is 7.85. The first-order chi connectivity index (χ1) is 20.6. The van der Waals surface area contributed by atoms with Crippen molar-refractivity contribution in [3.8, 4) is 0 Å². The minimum Gasteiger partial charge on any atom is -0.320 e. The quantitative estimate of drug-likeness (QED) is 0.0884. The number of hydroxylamine groups is 1. The second kappa shape index (κ2) is 19.1. The topological polar surface area (TPSA) is 179 Å². The van der Waals surface area contributed by atoms with E-state index < -0.39 is 39.8 Å². The maximum absolute atomic E-state index is 13.3. The summed E-state index contributed by atoms with van der Waals surface area (Å²) in [4.78, 5) is 38.3. The Morgan fingerprint density at radius 3 is 1.93 bits per heavy atom. The molecule has 11 nitrogen and oxygen atoms in total. The number of carbonyl (C=O) groups is 3. The van der Waals surface area contributed by atoms with Gasteiger partial charge in [-0.1, -0.05) is 82.1 Å². The number of carbonyl (C=O) groups excluding carboxylic acids is 3. The minimum atomic E-state index is -4.02. The van der Waals surface area contributed by atoms with Crippen molar-refractivity contribution >= 4 is 27.8 Å². The number of nitrogens with zero attached hydrogens (tertiary/aromatic N) is 1. The van der Waals surface area contributed by atoms with Gasteiger partial charge in [0.25, 0.3) is 16.0 Å². The van der Waals surface area contributed by atoms with Gasteiger partial charge in [0.2, 0.25) is 11.8 Å². The number of unbranched alkanes of at least 4 members (excludes halogenated alkanes) is 1. The van der Waals surface area contributed by atoms with E-state index in [0.29, 0.717) is 19.4 Å². The molecule has 0 radical (unpaired) electrons. The van der Waals surface area contributed by atoms with Gasteiger partial charge in [-0.2, -0.15) is 8.42 Å². The van der Waals surface area contributed by atoms with E-state index in [1.807, 2.05) is 52.8 Å². The maximum Gasteiger partial charge on any atom is 0.294 e. The molecule has 3 atom stereocenters. The Morgan fingerprint density at radius 1 is 0.864 bits per heavy atom. The van der Waals surface area contributed by atoms with Crippen molar-refractivity contribution in [2.45, 2.75) is 84.6 Å². The lowest BCUT2D eigenvalue weighted by Gasteiger charge is -2.31. The van der Waals surface area contributed by atoms with Gasteiger partial charge in [0.1, 0.15) is 0 Å². The molecule has 0 heterocycles. The zero-order valence-corrected chi connectivity index (χ0v) is 27.5. The van der Waals surface area contributed by atoms with Gasteiger partial charge in [-0.25, -0.2) is 5.48 Å². The molecule has 2 rings (SSSR count). The number of rotatable bonds is 14. The van der Waals surface area contributed by atoms with E-state index in [1.54, 1.807) is 24.5 Å². The molecule has 0 aromatic heterocycles. The Balaban J connectivity index is 0.000000733. The lowest BCUT2D eigenvalue weighted by Crippen LogP contribution is -2.55. The maximum atomic E-state index is 13.3. The molecule has 0 spiro atoms. The average molecular weight is 635 g/mol. The van der Waals surface area contributed by atoms with Crippen molar-refractivity contribution in [2.24, 2.45) is 29.4 Å². The van der Waals surface area contributed by atoms with Crippen LogP contribution in [0.25, 0.3) is 0 Å². The van der Waals surface area contributed by atoms with Crippen molar-refractivity contribution in [1.29, 1.82) is 0 Å². The number of nitrogens with two attached hydrogens (primary N) is 1. The van der Waals surface area contributed by atoms with E-state index in [-0.39, 0.29) is 22.6 Å². The first-order valence-corrected chi connectivity index (χ1v) is 16.4. The van der Waals surface area contributed by atoms with Crippen LogP contribution in [0.1, 0.15) is 71.4 Å². The van der Waals surface area contributed by atoms with Crippen molar-refractivity contribution in [3.63, 3.8) is 0 Å². The number of amides is 3. The van der Waals surface area contributed by atoms with Crippen LogP contribution in [0, 0.1) is 30.6 Å². The summed E-state index contributed by atoms with van der Waals surface area (Å²) in [6.07, 6.45) is 3.36. The molecule has 3 amide bonds. The molecule has 0 aliphatic carbocycles. The summed E-state index contributed by atoms with van der Waals surface area (Å²) in [5, 5.41) is 10.6. The largest absolute Gasteiger partial charge is 0.320 e. The van der Waals surface area contributed by atoms with Crippen LogP contribution in [0.4, 0.5) is 0 Å². The molecule has 12 heteroatoms. The van der Waals surface area contributed by atoms with Crippen LogP contribution in [0.2, 0.25) is 0 Å². The Morgan fingerprint density at radius 2 is 1.45 bits per heavy atom. The first-order valence-electron chi connectivity index (χ1n) is 15.0. The summed E-state index contributed by atoms with van der Waals surface area (Å²) in [5.74, 6) is -2.51. The van der Waals surface area contributed by atoms with Crippen LogP contribution in [0.5, 0.6) is 0 Å². The summed E-state index contributed by atoms with van der Waals surface area (Å²) >= 11 is 0. The highest BCUT2D eigenvalue weighted by Crippen LogP contribution is 2.27. The molecule has 2 aromatic carbocycles. The van der Waals surface area contributed by atoms with Crippen LogP contribution in [-0.4, -0.2) is 53.5 Å². The van der Waals surface area contributed by atoms with Gasteiger partial charge in [0.05, 0.1) is 22.8 Å². The monoisotopic (exact) mass is 634 g/mol. The van der Waals surface area contributed by atoms with E-state index in [0.717, 1.165) is 24.8 Å². The van der Waals surface area contributed by atoms with Crippen LogP contribution in [0.3, 0.4) is 0 Å². The van der Waals surface area contributed by atoms with Gasteiger partial charge in [-0.3, -0.25) is 34.6 Å². The van der Waals surface area contributed by atoms with E-state index >= 15 is 0 Å². The smallest absolute Gasteiger partial charge is 0.294 e. The second-order valence-electron chi connectivity index (χ2n) is 11.9. The molecule has 0 saturated heterocycles. The molecular weight excluding hydrogens is 584 g/mol. The van der Waals surface area contributed by atoms with Crippen LogP contribution < -0.4 is 16.6 Å². The van der Waals surface area contributed by atoms with E-state index in [4.69, 9.17) is 10.3 Å². The first kappa shape index (κ1) is 38.7. The van der Waals surface area contributed by atoms with Gasteiger partial charge in [-0.15, -0.1) is 0 Å². The third kappa shape index (κ3) is 14.4. The van der Waals surface area contributed by atoms with Crippen molar-refractivity contribution in [2.75, 3.05) is 6.54 Å². The van der Waals surface area contributed by atoms with Crippen molar-refractivity contribution < 1.29 is 32.6 Å². The minimum absolute atomic E-state index is 0.0666. The number of hydrogen-bond donors (Lipinski definition) is 5. The molecule has 0 fully saturated rings. The van der Waals surface area contributed by atoms with Gasteiger partial charge >= 0.3 is 0 Å². The molecule has 1 unspecified atom stereocenters. The SMILES string of the molecule is CC(C)C[C@@H](C(=O)NN(CC(C)C)C(=O)[C@@H](C)N)C(CCCCc1ccccc1)C(=O)NO.Cc1ccc(S(=O)(=O)O)cc1. The highest BCUT2D eigenvalue weighted by Gasteiger charge is 2.35. The number of benzene rings is 2. The summed E-state index contributed by atoms with van der Waals surface area (Å²) in [7, 11) is -4.02. The predicted octanol–water partition coefficient (Wildman–Crippen LogP) is 4.29. The van der Waals surface area contributed by atoms with Gasteiger partial charge in [-0.05, 0) is 69.1 Å². The molecule has 0 aliphatic heterocycles. The van der Waals surface area contributed by atoms with Gasteiger partial charge in [0, 0.05) is 6.54 Å². The van der Waals surface area contributed by atoms with Gasteiger partial charge in [0.15, 0.2) is 0 Å². The molecule has 0 aliphatic rings. The molecule has 6 N–H and O–H groups in total. The molecule has 0 saturated carbocycles. The third-order valence-corrected chi connectivity index (χ3v) is 7.70. The molecule has 44 heavy (non-hydrogen) atoms. The molecule has 246 valence electrons. The zero-order chi connectivity index (χ0) is 33.4. The summed E-state index contributed by atoms with van der Waals surface area (Å²) < 4.78 is 29.6. The van der Waals surface area contributed by atoms with E-state index in [2.05, 4.69) is 17.6 Å². The summed E-state index contributed by atoms with van der Waals surface area (Å²) in [5.41, 5.74) is 12.4. The Bertz CT molecular complexity index is 1270. The Hall–Kier alpha value is -3.32. The zero-order valence-electron chi connectivity index (χ0n) is 26.7. The standard InChI is InChI=1S/C25H42N4O4.C7H8O3S/c1-17(2)15-22(23(30)27-29(16-18(3)4)25(32)19(5)26)21(24(31)28-33)14-10-9-13-20-11-7-6-8-12-20;1-6-2-4-7(5-3-6)11(8,9)10/h6-8,11-12,17-19,21-22,33H,9-10,13-16,26H2,1-5H3,(H,27,30)(H,28,31);2-5H,1H3,(H,8,9,10)/t19-,21?,22-;/m1./s1. The lowest BCUT2D eigenvalue weighted by molar-refractivity contribution is -0.148. The van der Waals surface area contributed by atoms with E-state index in [9.17, 15) is 28.0 Å². The van der Waals surface area contributed by atoms with Crippen LogP contribution in [-0.2, 0) is 30.9 Å². The third-order valence-electron chi connectivity index (χ3n) is 6.84. The number of aryl methyl sites for hydroxylation is 2. The molecular formula is C32H50N4O7S. The Labute approximate surface area is 262 Å². The Kier molecular flexibility index (Phi) is 16.8. The lowest BCUT2D eigenvalue weighted by atomic mass is 9.81. The number of hydrogen-bond acceptors (Lipinski definition) is 7. The fourth-order valence-corrected chi connectivity index (χ4v) is 5.11. The molecule has 0 bridgehead atoms. The fraction of sp³-hybridized carbons (Fsp3) is 0.531. The van der Waals surface area contributed by atoms with Crippen molar-refractivity contribution in [3.05, 3.63) is 65.7 Å². The highest BCUT2D eigenvalue weighted by atomic mass is 32.2. The number of hydrazine groups is 1. The predicted molar refractivity (Wildman–Crippen MR) is 170 cm³/mol. The normalized spacial score (nSPS) is 13.3. The fourth-order valence-electron chi connectivity index (χ4n) is 4.63. The van der Waals surface area contributed by atoms with Crippen LogP contribution >= 0.6 is 0 Å². The van der Waals surface area contributed by atoms with Crippen molar-refractivity contribution in [1.82, 2.24) is 15.9 Å². The van der Waals surface area contributed by atoms with Crippen LogP contribution in [0.15, 0.2) is 59.5 Å². The second-order valence-corrected chi connectivity index (χ2v) is 13.4. The summed E-state index contributed by atoms with van der Waals surface area (Å²) in [6, 6.07) is 15.3. The van der Waals surface area contributed by atoms with Gasteiger partial charge < -0.3 is 5.73 Å². The number of nitrogens with one attached hydrogen (secondary N) is 2. The van der Waals surface area contributed by atoms with E-state index in [1.165, 1.54) is 22.7 Å². The summed E-state index contributed by atoms with van der Waals surface area (Å²) in [6.45, 7) is 11.6. The average Bonchev–Trinajstić information content (AvgIpc) is 2.95.